The number of amides is 1. The van der Waals surface area contributed by atoms with Crippen LogP contribution >= 0.6 is 0 Å². The molecule has 2 heterocycles. The fourth-order valence-corrected chi connectivity index (χ4v) is 6.09. The molecule has 1 saturated heterocycles. The molecule has 166 valence electrons. The summed E-state index contributed by atoms with van der Waals surface area (Å²) in [5.74, 6) is -0.410. The SMILES string of the molecule is Cc1cccc(-c2nn(-c3ccc(F)cc3)cc2C(=O)N(C2CC2)C2CCS(=O)(=O)C2)c1. The molecule has 3 aromatic rings. The number of carbonyl (C=O) groups is 1. The number of nitrogens with zero attached hydrogens (tertiary/aromatic N) is 3. The van der Waals surface area contributed by atoms with Gasteiger partial charge in [0.15, 0.2) is 9.84 Å². The number of rotatable bonds is 5. The third-order valence-electron chi connectivity index (χ3n) is 6.10. The first-order valence-electron chi connectivity index (χ1n) is 10.8. The predicted molar refractivity (Wildman–Crippen MR) is 120 cm³/mol. The van der Waals surface area contributed by atoms with Gasteiger partial charge in [0.05, 0.1) is 22.8 Å². The lowest BCUT2D eigenvalue weighted by Crippen LogP contribution is -2.42. The molecule has 32 heavy (non-hydrogen) atoms. The lowest BCUT2D eigenvalue weighted by molar-refractivity contribution is 0.0681. The van der Waals surface area contributed by atoms with Crippen molar-refractivity contribution in [2.24, 2.45) is 0 Å². The first kappa shape index (κ1) is 20.9. The van der Waals surface area contributed by atoms with Crippen LogP contribution in [0.5, 0.6) is 0 Å². The van der Waals surface area contributed by atoms with Gasteiger partial charge in [-0.25, -0.2) is 17.5 Å². The maximum Gasteiger partial charge on any atom is 0.258 e. The first-order chi connectivity index (χ1) is 15.3. The molecular formula is C24H24FN3O3S. The molecule has 0 spiro atoms. The summed E-state index contributed by atoms with van der Waals surface area (Å²) in [6.07, 6.45) is 3.91. The third kappa shape index (κ3) is 4.07. The Labute approximate surface area is 186 Å². The van der Waals surface area contributed by atoms with Gasteiger partial charge in [-0.1, -0.05) is 23.8 Å². The molecule has 1 unspecified atom stereocenters. The summed E-state index contributed by atoms with van der Waals surface area (Å²) in [5.41, 5.74) is 3.45. The maximum atomic E-state index is 13.8. The summed E-state index contributed by atoms with van der Waals surface area (Å²) in [7, 11) is -3.12. The van der Waals surface area contributed by atoms with E-state index in [1.54, 1.807) is 27.9 Å². The number of carbonyl (C=O) groups excluding carboxylic acids is 1. The molecule has 5 rings (SSSR count). The van der Waals surface area contributed by atoms with Gasteiger partial charge in [0.25, 0.3) is 5.91 Å². The molecule has 1 aromatic heterocycles. The van der Waals surface area contributed by atoms with Gasteiger partial charge in [0.2, 0.25) is 0 Å². The highest BCUT2D eigenvalue weighted by molar-refractivity contribution is 7.91. The van der Waals surface area contributed by atoms with Gasteiger partial charge in [0, 0.05) is 23.8 Å². The number of sulfone groups is 1. The molecule has 2 aromatic carbocycles. The largest absolute Gasteiger partial charge is 0.332 e. The fourth-order valence-electron chi connectivity index (χ4n) is 4.38. The number of aryl methyl sites for hydroxylation is 1. The smallest absolute Gasteiger partial charge is 0.258 e. The number of aromatic nitrogens is 2. The second-order valence-electron chi connectivity index (χ2n) is 8.68. The predicted octanol–water partition coefficient (Wildman–Crippen LogP) is 3.78. The minimum absolute atomic E-state index is 0.0150. The van der Waals surface area contributed by atoms with E-state index in [0.717, 1.165) is 24.0 Å². The molecule has 2 aliphatic rings. The van der Waals surface area contributed by atoms with Gasteiger partial charge in [0.1, 0.15) is 11.5 Å². The van der Waals surface area contributed by atoms with Crippen LogP contribution in [0.4, 0.5) is 4.39 Å². The van der Waals surface area contributed by atoms with E-state index in [9.17, 15) is 17.6 Å². The average Bonchev–Trinajstić information content (AvgIpc) is 3.37. The zero-order chi connectivity index (χ0) is 22.5. The molecule has 1 aliphatic heterocycles. The zero-order valence-electron chi connectivity index (χ0n) is 17.7. The van der Waals surface area contributed by atoms with E-state index in [4.69, 9.17) is 0 Å². The fraction of sp³-hybridized carbons (Fsp3) is 0.333. The molecule has 1 atom stereocenters. The van der Waals surface area contributed by atoms with E-state index >= 15 is 0 Å². The quantitative estimate of drug-likeness (QED) is 0.590. The van der Waals surface area contributed by atoms with Gasteiger partial charge >= 0.3 is 0 Å². The van der Waals surface area contributed by atoms with Crippen LogP contribution < -0.4 is 0 Å². The van der Waals surface area contributed by atoms with Gasteiger partial charge in [-0.05, 0) is 56.5 Å². The Morgan fingerprint density at radius 1 is 1.09 bits per heavy atom. The van der Waals surface area contributed by atoms with Crippen molar-refractivity contribution in [1.82, 2.24) is 14.7 Å². The van der Waals surface area contributed by atoms with Gasteiger partial charge in [-0.15, -0.1) is 0 Å². The lowest BCUT2D eigenvalue weighted by Gasteiger charge is -2.28. The highest BCUT2D eigenvalue weighted by atomic mass is 32.2. The number of benzene rings is 2. The van der Waals surface area contributed by atoms with Crippen LogP contribution in [-0.4, -0.2) is 52.6 Å². The molecule has 6 nitrogen and oxygen atoms in total. The summed E-state index contributed by atoms with van der Waals surface area (Å²) >= 11 is 0. The second-order valence-corrected chi connectivity index (χ2v) is 10.9. The lowest BCUT2D eigenvalue weighted by atomic mass is 10.0. The molecule has 0 N–H and O–H groups in total. The number of hydrogen-bond acceptors (Lipinski definition) is 4. The second kappa shape index (κ2) is 7.85. The van der Waals surface area contributed by atoms with E-state index in [1.807, 2.05) is 31.2 Å². The van der Waals surface area contributed by atoms with Crippen molar-refractivity contribution in [2.45, 2.75) is 38.3 Å². The molecule has 1 saturated carbocycles. The van der Waals surface area contributed by atoms with Crippen LogP contribution in [0.1, 0.15) is 35.2 Å². The van der Waals surface area contributed by atoms with Crippen LogP contribution in [0.3, 0.4) is 0 Å². The molecule has 1 amide bonds. The number of halogens is 1. The number of hydrogen-bond donors (Lipinski definition) is 0. The van der Waals surface area contributed by atoms with Crippen molar-refractivity contribution in [3.63, 3.8) is 0 Å². The van der Waals surface area contributed by atoms with Crippen LogP contribution in [0.2, 0.25) is 0 Å². The van der Waals surface area contributed by atoms with Crippen LogP contribution in [0, 0.1) is 12.7 Å². The summed E-state index contributed by atoms with van der Waals surface area (Å²) in [6, 6.07) is 13.4. The van der Waals surface area contributed by atoms with Crippen molar-refractivity contribution in [1.29, 1.82) is 0 Å². The van der Waals surface area contributed by atoms with E-state index in [0.29, 0.717) is 23.4 Å². The van der Waals surface area contributed by atoms with E-state index in [1.165, 1.54) is 12.1 Å². The Balaban J connectivity index is 1.59. The Kier molecular flexibility index (Phi) is 5.12. The molecular weight excluding hydrogens is 429 g/mol. The molecule has 2 fully saturated rings. The minimum Gasteiger partial charge on any atom is -0.332 e. The van der Waals surface area contributed by atoms with E-state index < -0.39 is 9.84 Å². The summed E-state index contributed by atoms with van der Waals surface area (Å²) in [4.78, 5) is 15.6. The van der Waals surface area contributed by atoms with Crippen LogP contribution in [0.15, 0.2) is 54.7 Å². The van der Waals surface area contributed by atoms with Gasteiger partial charge in [-0.3, -0.25) is 4.79 Å². The maximum absolute atomic E-state index is 13.8. The van der Waals surface area contributed by atoms with Crippen molar-refractivity contribution in [3.8, 4) is 16.9 Å². The van der Waals surface area contributed by atoms with Crippen LogP contribution in [0.25, 0.3) is 16.9 Å². The van der Waals surface area contributed by atoms with E-state index in [2.05, 4.69) is 5.10 Å². The van der Waals surface area contributed by atoms with Crippen molar-refractivity contribution in [3.05, 3.63) is 71.7 Å². The van der Waals surface area contributed by atoms with Gasteiger partial charge < -0.3 is 4.90 Å². The molecule has 1 aliphatic carbocycles. The summed E-state index contributed by atoms with van der Waals surface area (Å²) in [6.45, 7) is 1.97. The third-order valence-corrected chi connectivity index (χ3v) is 7.85. The Bertz CT molecular complexity index is 1280. The highest BCUT2D eigenvalue weighted by Gasteiger charge is 2.43. The van der Waals surface area contributed by atoms with Crippen molar-refractivity contribution in [2.75, 3.05) is 11.5 Å². The van der Waals surface area contributed by atoms with E-state index in [-0.39, 0.29) is 35.3 Å². The summed E-state index contributed by atoms with van der Waals surface area (Å²) in [5, 5.41) is 4.69. The summed E-state index contributed by atoms with van der Waals surface area (Å²) < 4.78 is 39.2. The molecule has 0 radical (unpaired) electrons. The molecule has 0 bridgehead atoms. The Hall–Kier alpha value is -3.00. The topological polar surface area (TPSA) is 72.3 Å². The van der Waals surface area contributed by atoms with Gasteiger partial charge in [-0.2, -0.15) is 5.10 Å². The zero-order valence-corrected chi connectivity index (χ0v) is 18.6. The normalized spacial score (nSPS) is 19.8. The minimum atomic E-state index is -3.12. The first-order valence-corrected chi connectivity index (χ1v) is 12.6. The highest BCUT2D eigenvalue weighted by Crippen LogP contribution is 2.35. The van der Waals surface area contributed by atoms with Crippen molar-refractivity contribution < 1.29 is 17.6 Å². The monoisotopic (exact) mass is 453 g/mol. The average molecular weight is 454 g/mol. The molecule has 8 heteroatoms. The standard InChI is InChI=1S/C24H24FN3O3S/c1-16-3-2-4-17(13-16)23-22(14-27(26-23)19-7-5-18(25)6-8-19)24(29)28(20-9-10-20)21-11-12-32(30,31)15-21/h2-8,13-14,20-21H,9-12,15H2,1H3. The Morgan fingerprint density at radius 3 is 2.47 bits per heavy atom. The van der Waals surface area contributed by atoms with Crippen molar-refractivity contribution >= 4 is 15.7 Å². The van der Waals surface area contributed by atoms with Crippen LogP contribution in [-0.2, 0) is 9.84 Å². The Morgan fingerprint density at radius 2 is 1.84 bits per heavy atom.